The van der Waals surface area contributed by atoms with Crippen LogP contribution in [0.15, 0.2) is 35.4 Å². The normalized spacial score (nSPS) is 12.5. The van der Waals surface area contributed by atoms with E-state index in [2.05, 4.69) is 28.5 Å². The van der Waals surface area contributed by atoms with Crippen LogP contribution >= 0.6 is 11.8 Å². The van der Waals surface area contributed by atoms with Crippen LogP contribution in [0.25, 0.3) is 10.9 Å². The van der Waals surface area contributed by atoms with Crippen LogP contribution in [0.1, 0.15) is 13.3 Å². The van der Waals surface area contributed by atoms with Gasteiger partial charge in [0.05, 0.1) is 12.1 Å². The fourth-order valence-electron chi connectivity index (χ4n) is 2.10. The summed E-state index contributed by atoms with van der Waals surface area (Å²) < 4.78 is 4.80. The van der Waals surface area contributed by atoms with E-state index in [1.165, 1.54) is 12.5 Å². The molecule has 0 aliphatic heterocycles. The summed E-state index contributed by atoms with van der Waals surface area (Å²) in [5.74, 6) is 0.670. The fraction of sp³-hybridized carbons (Fsp3) is 0.400. The van der Waals surface area contributed by atoms with E-state index < -0.39 is 0 Å². The molecule has 0 radical (unpaired) electrons. The molecule has 0 saturated heterocycles. The molecular formula is C15H20N2O2S. The number of rotatable bonds is 7. The second-order valence-corrected chi connectivity index (χ2v) is 5.63. The second-order valence-electron chi connectivity index (χ2n) is 4.49. The van der Waals surface area contributed by atoms with Crippen LogP contribution in [0, 0.1) is 0 Å². The minimum Gasteiger partial charge on any atom is -0.468 e. The molecule has 1 aromatic carbocycles. The van der Waals surface area contributed by atoms with Crippen molar-refractivity contribution in [1.29, 1.82) is 0 Å². The average Bonchev–Trinajstić information content (AvgIpc) is 2.88. The Balaban J connectivity index is 1.89. The number of benzene rings is 1. The van der Waals surface area contributed by atoms with Gasteiger partial charge in [-0.25, -0.2) is 0 Å². The van der Waals surface area contributed by atoms with E-state index in [1.54, 1.807) is 11.8 Å². The Morgan fingerprint density at radius 3 is 2.95 bits per heavy atom. The van der Waals surface area contributed by atoms with Gasteiger partial charge in [-0.05, 0) is 25.1 Å². The molecule has 4 nitrogen and oxygen atoms in total. The molecule has 0 amide bonds. The molecule has 0 aliphatic rings. The van der Waals surface area contributed by atoms with Crippen molar-refractivity contribution >= 4 is 28.6 Å². The van der Waals surface area contributed by atoms with Crippen molar-refractivity contribution in [3.05, 3.63) is 30.3 Å². The third kappa shape index (κ3) is 3.77. The number of H-pyrrole nitrogens is 1. The minimum absolute atomic E-state index is 0.191. The molecule has 0 spiro atoms. The Morgan fingerprint density at radius 1 is 1.45 bits per heavy atom. The summed E-state index contributed by atoms with van der Waals surface area (Å²) in [6, 6.07) is 10.1. The van der Waals surface area contributed by atoms with Gasteiger partial charge in [-0.1, -0.05) is 25.1 Å². The number of methoxy groups -OCH3 is 1. The van der Waals surface area contributed by atoms with Crippen LogP contribution < -0.4 is 5.32 Å². The number of nitrogens with one attached hydrogen (secondary N) is 2. The number of carbonyl (C=O) groups excluding carboxylic acids is 1. The van der Waals surface area contributed by atoms with Crippen molar-refractivity contribution in [2.75, 3.05) is 19.4 Å². The zero-order valence-electron chi connectivity index (χ0n) is 11.8. The van der Waals surface area contributed by atoms with Gasteiger partial charge in [-0.2, -0.15) is 0 Å². The van der Waals surface area contributed by atoms with Gasteiger partial charge in [0, 0.05) is 16.7 Å². The molecule has 0 bridgehead atoms. The molecule has 2 N–H and O–H groups in total. The molecule has 0 aliphatic carbocycles. The van der Waals surface area contributed by atoms with Gasteiger partial charge in [0.1, 0.15) is 6.04 Å². The zero-order chi connectivity index (χ0) is 14.4. The number of likely N-dealkylation sites (N-methyl/N-ethyl adjacent to an activating group) is 1. The number of thioether (sulfide) groups is 1. The number of esters is 1. The summed E-state index contributed by atoms with van der Waals surface area (Å²) in [6.07, 6.45) is 0.751. The van der Waals surface area contributed by atoms with Crippen LogP contribution in [0.4, 0.5) is 0 Å². The molecular weight excluding hydrogens is 272 g/mol. The van der Waals surface area contributed by atoms with Gasteiger partial charge < -0.3 is 15.0 Å². The SMILES string of the molecule is CCNC(CCSc1cc2ccccc2[nH]1)C(=O)OC. The molecule has 1 aromatic heterocycles. The monoisotopic (exact) mass is 292 g/mol. The molecule has 1 heterocycles. The summed E-state index contributed by atoms with van der Waals surface area (Å²) in [5, 5.41) is 5.49. The van der Waals surface area contributed by atoms with Crippen LogP contribution in [0.3, 0.4) is 0 Å². The first-order valence-electron chi connectivity index (χ1n) is 6.76. The lowest BCUT2D eigenvalue weighted by atomic mass is 10.2. The molecule has 0 saturated carbocycles. The number of carbonyl (C=O) groups is 1. The van der Waals surface area contributed by atoms with Crippen LogP contribution in [-0.4, -0.2) is 36.4 Å². The maximum Gasteiger partial charge on any atom is 0.322 e. The molecule has 5 heteroatoms. The minimum atomic E-state index is -0.220. The summed E-state index contributed by atoms with van der Waals surface area (Å²) in [6.45, 7) is 2.75. The van der Waals surface area contributed by atoms with Crippen molar-refractivity contribution in [1.82, 2.24) is 10.3 Å². The van der Waals surface area contributed by atoms with Gasteiger partial charge in [0.15, 0.2) is 0 Å². The highest BCUT2D eigenvalue weighted by Gasteiger charge is 2.17. The van der Waals surface area contributed by atoms with E-state index in [4.69, 9.17) is 4.74 Å². The summed E-state index contributed by atoms with van der Waals surface area (Å²) in [7, 11) is 1.43. The maximum atomic E-state index is 11.6. The largest absolute Gasteiger partial charge is 0.468 e. The van der Waals surface area contributed by atoms with Crippen molar-refractivity contribution in [3.63, 3.8) is 0 Å². The molecule has 2 aromatic rings. The van der Waals surface area contributed by atoms with E-state index in [0.717, 1.165) is 29.3 Å². The zero-order valence-corrected chi connectivity index (χ0v) is 12.6. The highest BCUT2D eigenvalue weighted by atomic mass is 32.2. The van der Waals surface area contributed by atoms with Crippen molar-refractivity contribution < 1.29 is 9.53 Å². The second kappa shape index (κ2) is 7.36. The molecule has 1 atom stereocenters. The Labute approximate surface area is 123 Å². The van der Waals surface area contributed by atoms with E-state index in [1.807, 2.05) is 19.1 Å². The van der Waals surface area contributed by atoms with Crippen molar-refractivity contribution in [3.8, 4) is 0 Å². The number of aromatic amines is 1. The third-order valence-corrected chi connectivity index (χ3v) is 4.08. The van der Waals surface area contributed by atoms with Gasteiger partial charge in [-0.3, -0.25) is 4.79 Å². The van der Waals surface area contributed by atoms with Gasteiger partial charge >= 0.3 is 5.97 Å². The first-order valence-corrected chi connectivity index (χ1v) is 7.75. The fourth-order valence-corrected chi connectivity index (χ4v) is 3.07. The number of para-hydroxylation sites is 1. The van der Waals surface area contributed by atoms with Crippen LogP contribution in [0.2, 0.25) is 0 Å². The van der Waals surface area contributed by atoms with E-state index in [-0.39, 0.29) is 12.0 Å². The summed E-state index contributed by atoms with van der Waals surface area (Å²) in [5.41, 5.74) is 1.14. The van der Waals surface area contributed by atoms with E-state index in [9.17, 15) is 4.79 Å². The Morgan fingerprint density at radius 2 is 2.25 bits per heavy atom. The summed E-state index contributed by atoms with van der Waals surface area (Å²) >= 11 is 1.72. The average molecular weight is 292 g/mol. The Hall–Kier alpha value is -1.46. The Bertz CT molecular complexity index is 535. The lowest BCUT2D eigenvalue weighted by Gasteiger charge is -2.14. The van der Waals surface area contributed by atoms with Crippen LogP contribution in [-0.2, 0) is 9.53 Å². The first kappa shape index (κ1) is 14.9. The van der Waals surface area contributed by atoms with E-state index >= 15 is 0 Å². The Kier molecular flexibility index (Phi) is 5.49. The highest BCUT2D eigenvalue weighted by molar-refractivity contribution is 7.99. The molecule has 0 fully saturated rings. The standard InChI is InChI=1S/C15H20N2O2S/c1-3-16-13(15(18)19-2)8-9-20-14-10-11-6-4-5-7-12(11)17-14/h4-7,10,13,16-17H,3,8-9H2,1-2H3. The van der Waals surface area contributed by atoms with Crippen molar-refractivity contribution in [2.24, 2.45) is 0 Å². The van der Waals surface area contributed by atoms with Crippen molar-refractivity contribution in [2.45, 2.75) is 24.4 Å². The number of ether oxygens (including phenoxy) is 1. The van der Waals surface area contributed by atoms with Gasteiger partial charge in [0.2, 0.25) is 0 Å². The number of hydrogen-bond acceptors (Lipinski definition) is 4. The summed E-state index contributed by atoms with van der Waals surface area (Å²) in [4.78, 5) is 15.0. The number of hydrogen-bond donors (Lipinski definition) is 2. The topological polar surface area (TPSA) is 54.1 Å². The lowest BCUT2D eigenvalue weighted by molar-refractivity contribution is -0.143. The highest BCUT2D eigenvalue weighted by Crippen LogP contribution is 2.23. The number of fused-ring (bicyclic) bond motifs is 1. The molecule has 108 valence electrons. The quantitative estimate of drug-likeness (QED) is 0.608. The van der Waals surface area contributed by atoms with Crippen LogP contribution in [0.5, 0.6) is 0 Å². The third-order valence-electron chi connectivity index (χ3n) is 3.11. The first-order chi connectivity index (χ1) is 9.74. The lowest BCUT2D eigenvalue weighted by Crippen LogP contribution is -2.37. The smallest absolute Gasteiger partial charge is 0.322 e. The van der Waals surface area contributed by atoms with Gasteiger partial charge in [0.25, 0.3) is 0 Å². The van der Waals surface area contributed by atoms with Gasteiger partial charge in [-0.15, -0.1) is 11.8 Å². The number of aromatic nitrogens is 1. The maximum absolute atomic E-state index is 11.6. The van der Waals surface area contributed by atoms with E-state index in [0.29, 0.717) is 0 Å². The molecule has 2 rings (SSSR count). The predicted molar refractivity (Wildman–Crippen MR) is 83.1 cm³/mol. The molecule has 20 heavy (non-hydrogen) atoms. The molecule has 1 unspecified atom stereocenters. The predicted octanol–water partition coefficient (Wildman–Crippen LogP) is 2.80.